The topological polar surface area (TPSA) is 143 Å². The normalized spacial score (nSPS) is 11.4. The number of anilines is 2. The summed E-state index contributed by atoms with van der Waals surface area (Å²) in [6.45, 7) is 4.21. The zero-order chi connectivity index (χ0) is 27.1. The van der Waals surface area contributed by atoms with Crippen molar-refractivity contribution in [3.63, 3.8) is 0 Å². The van der Waals surface area contributed by atoms with Gasteiger partial charge in [-0.15, -0.1) is 0 Å². The number of fused-ring (bicyclic) bond motifs is 1. The fraction of sp³-hybridized carbons (Fsp3) is 0.240. The van der Waals surface area contributed by atoms with Crippen LogP contribution in [0.5, 0.6) is 11.5 Å². The minimum Gasteiger partial charge on any atom is -0.494 e. The Morgan fingerprint density at radius 3 is 2.65 bits per heavy atom. The van der Waals surface area contributed by atoms with E-state index >= 15 is 4.39 Å². The van der Waals surface area contributed by atoms with Crippen LogP contribution in [0.3, 0.4) is 0 Å². The lowest BCUT2D eigenvalue weighted by molar-refractivity contribution is -0.111. The molecule has 1 amide bonds. The van der Waals surface area contributed by atoms with E-state index in [2.05, 4.69) is 27.7 Å². The van der Waals surface area contributed by atoms with E-state index in [0.717, 1.165) is 17.0 Å². The summed E-state index contributed by atoms with van der Waals surface area (Å²) in [6.07, 6.45) is 4.14. The SMILES string of the molecule is C=CC(=O)Nc1c(OCCN(C)C)cc(OC)c(NC(=N)/C=C(\NN)c2ccc3c(cnn3C)c2)c1F. The third-order valence-corrected chi connectivity index (χ3v) is 5.40. The van der Waals surface area contributed by atoms with Crippen LogP contribution < -0.4 is 31.4 Å². The van der Waals surface area contributed by atoms with Gasteiger partial charge >= 0.3 is 0 Å². The summed E-state index contributed by atoms with van der Waals surface area (Å²) in [7, 11) is 6.94. The van der Waals surface area contributed by atoms with Crippen LogP contribution in [0.25, 0.3) is 16.6 Å². The van der Waals surface area contributed by atoms with Crippen molar-refractivity contribution < 1.29 is 18.7 Å². The number of hydrogen-bond donors (Lipinski definition) is 5. The Balaban J connectivity index is 1.95. The molecule has 2 aromatic carbocycles. The number of hydrazine groups is 1. The molecule has 0 aliphatic heterocycles. The van der Waals surface area contributed by atoms with Crippen LogP contribution in [0.4, 0.5) is 15.8 Å². The van der Waals surface area contributed by atoms with Gasteiger partial charge < -0.3 is 30.4 Å². The van der Waals surface area contributed by atoms with Gasteiger partial charge in [0.1, 0.15) is 35.3 Å². The molecule has 1 heterocycles. The van der Waals surface area contributed by atoms with Crippen molar-refractivity contribution in [2.24, 2.45) is 12.9 Å². The lowest BCUT2D eigenvalue weighted by atomic mass is 10.1. The van der Waals surface area contributed by atoms with Gasteiger partial charge in [0.2, 0.25) is 5.91 Å². The van der Waals surface area contributed by atoms with E-state index in [-0.39, 0.29) is 35.3 Å². The average Bonchev–Trinajstić information content (AvgIpc) is 3.25. The number of benzene rings is 2. The van der Waals surface area contributed by atoms with Crippen LogP contribution in [0, 0.1) is 11.2 Å². The summed E-state index contributed by atoms with van der Waals surface area (Å²) in [5, 5.41) is 18.7. The van der Waals surface area contributed by atoms with Crippen LogP contribution >= 0.6 is 0 Å². The highest BCUT2D eigenvalue weighted by molar-refractivity contribution is 6.08. The van der Waals surface area contributed by atoms with Gasteiger partial charge in [-0.05, 0) is 37.9 Å². The molecule has 0 saturated carbocycles. The maximum absolute atomic E-state index is 15.7. The summed E-state index contributed by atoms with van der Waals surface area (Å²) < 4.78 is 28.5. The molecule has 0 bridgehead atoms. The summed E-state index contributed by atoms with van der Waals surface area (Å²) in [5.41, 5.74) is 4.24. The molecule has 11 nitrogen and oxygen atoms in total. The largest absolute Gasteiger partial charge is 0.494 e. The second kappa shape index (κ2) is 12.0. The highest BCUT2D eigenvalue weighted by atomic mass is 19.1. The minimum atomic E-state index is -0.869. The molecule has 3 rings (SSSR count). The molecule has 196 valence electrons. The van der Waals surface area contributed by atoms with E-state index in [0.29, 0.717) is 17.8 Å². The van der Waals surface area contributed by atoms with Crippen LogP contribution in [0.15, 0.2) is 49.2 Å². The summed E-state index contributed by atoms with van der Waals surface area (Å²) in [5.74, 6) is 4.19. The Bertz CT molecular complexity index is 1350. The Morgan fingerprint density at radius 1 is 1.27 bits per heavy atom. The van der Waals surface area contributed by atoms with Gasteiger partial charge in [-0.3, -0.25) is 20.7 Å². The van der Waals surface area contributed by atoms with Gasteiger partial charge in [-0.1, -0.05) is 12.6 Å². The first-order chi connectivity index (χ1) is 17.7. The van der Waals surface area contributed by atoms with Gasteiger partial charge in [0, 0.05) is 31.1 Å². The van der Waals surface area contributed by atoms with Gasteiger partial charge in [0.25, 0.3) is 0 Å². The molecule has 0 saturated heterocycles. The van der Waals surface area contributed by atoms with Crippen molar-refractivity contribution in [3.05, 3.63) is 60.6 Å². The van der Waals surface area contributed by atoms with E-state index in [1.807, 2.05) is 44.2 Å². The van der Waals surface area contributed by atoms with E-state index in [9.17, 15) is 4.79 Å². The Hall–Kier alpha value is -4.42. The first kappa shape index (κ1) is 27.2. The second-order valence-electron chi connectivity index (χ2n) is 8.27. The maximum atomic E-state index is 15.7. The molecular weight excluding hydrogens is 479 g/mol. The van der Waals surface area contributed by atoms with Crippen molar-refractivity contribution in [3.8, 4) is 11.5 Å². The molecule has 6 N–H and O–H groups in total. The lowest BCUT2D eigenvalue weighted by Crippen LogP contribution is -2.22. The van der Waals surface area contributed by atoms with Crippen molar-refractivity contribution in [1.29, 1.82) is 5.41 Å². The average molecular weight is 511 g/mol. The van der Waals surface area contributed by atoms with Crippen molar-refractivity contribution in [2.75, 3.05) is 45.0 Å². The number of carbonyl (C=O) groups excluding carboxylic acids is 1. The second-order valence-corrected chi connectivity index (χ2v) is 8.27. The molecule has 0 fully saturated rings. The molecule has 3 aromatic rings. The predicted molar refractivity (Wildman–Crippen MR) is 143 cm³/mol. The molecule has 12 heteroatoms. The molecular formula is C25H31FN8O3. The van der Waals surface area contributed by atoms with Gasteiger partial charge in [0.15, 0.2) is 5.82 Å². The number of nitrogens with zero attached hydrogens (tertiary/aromatic N) is 3. The Morgan fingerprint density at radius 2 is 2.00 bits per heavy atom. The van der Waals surface area contributed by atoms with Crippen molar-refractivity contribution in [1.82, 2.24) is 20.1 Å². The van der Waals surface area contributed by atoms with Crippen LogP contribution in [-0.4, -0.2) is 60.8 Å². The van der Waals surface area contributed by atoms with Crippen LogP contribution in [-0.2, 0) is 11.8 Å². The van der Waals surface area contributed by atoms with E-state index in [1.54, 1.807) is 10.9 Å². The van der Waals surface area contributed by atoms with E-state index in [1.165, 1.54) is 19.3 Å². The number of halogens is 1. The van der Waals surface area contributed by atoms with E-state index < -0.39 is 11.7 Å². The Kier molecular flexibility index (Phi) is 8.82. The number of carbonyl (C=O) groups is 1. The smallest absolute Gasteiger partial charge is 0.247 e. The summed E-state index contributed by atoms with van der Waals surface area (Å²) in [6, 6.07) is 7.01. The lowest BCUT2D eigenvalue weighted by Gasteiger charge is -2.19. The zero-order valence-corrected chi connectivity index (χ0v) is 21.2. The first-order valence-electron chi connectivity index (χ1n) is 11.3. The van der Waals surface area contributed by atoms with Gasteiger partial charge in [-0.2, -0.15) is 5.10 Å². The third-order valence-electron chi connectivity index (χ3n) is 5.40. The van der Waals surface area contributed by atoms with Gasteiger partial charge in [-0.25, -0.2) is 4.39 Å². The number of hydrogen-bond acceptors (Lipinski definition) is 8. The summed E-state index contributed by atoms with van der Waals surface area (Å²) in [4.78, 5) is 13.9. The standard InChI is InChI=1S/C25H31FN8O3/c1-6-22(35)31-25-20(37-10-9-33(2)3)13-19(36-5)24(23(25)26)30-21(27)12-17(32-28)15-7-8-18-16(11-15)14-29-34(18)4/h6-8,11-14,32H,1,9-10,28H2,2-5H3,(H2,27,30)(H,31,35)/b17-12-. The molecule has 0 spiro atoms. The zero-order valence-electron chi connectivity index (χ0n) is 21.2. The Labute approximate surface area is 214 Å². The highest BCUT2D eigenvalue weighted by Gasteiger charge is 2.22. The number of aromatic nitrogens is 2. The third kappa shape index (κ3) is 6.42. The fourth-order valence-electron chi connectivity index (χ4n) is 3.48. The number of amides is 1. The number of methoxy groups -OCH3 is 1. The van der Waals surface area contributed by atoms with Crippen LogP contribution in [0.1, 0.15) is 5.56 Å². The number of nitrogens with one attached hydrogen (secondary N) is 4. The molecule has 37 heavy (non-hydrogen) atoms. The molecule has 0 unspecified atom stereocenters. The molecule has 0 atom stereocenters. The highest BCUT2D eigenvalue weighted by Crippen LogP contribution is 2.40. The monoisotopic (exact) mass is 510 g/mol. The van der Waals surface area contributed by atoms with E-state index in [4.69, 9.17) is 20.7 Å². The summed E-state index contributed by atoms with van der Waals surface area (Å²) >= 11 is 0. The molecule has 0 aliphatic rings. The number of nitrogens with two attached hydrogens (primary N) is 1. The first-order valence-corrected chi connectivity index (χ1v) is 11.3. The molecule has 0 aliphatic carbocycles. The molecule has 1 aromatic heterocycles. The number of likely N-dealkylation sites (N-methyl/N-ethyl adjacent to an activating group) is 1. The van der Waals surface area contributed by atoms with Gasteiger partial charge in [0.05, 0.1) is 24.5 Å². The number of aryl methyl sites for hydroxylation is 1. The number of amidine groups is 1. The number of ether oxygens (including phenoxy) is 2. The maximum Gasteiger partial charge on any atom is 0.247 e. The van der Waals surface area contributed by atoms with Crippen LogP contribution in [0.2, 0.25) is 0 Å². The quantitative estimate of drug-likeness (QED) is 0.0871. The molecule has 0 radical (unpaired) electrons. The fourth-order valence-corrected chi connectivity index (χ4v) is 3.48. The predicted octanol–water partition coefficient (Wildman–Crippen LogP) is 2.68. The van der Waals surface area contributed by atoms with Crippen molar-refractivity contribution >= 4 is 39.7 Å². The minimum absolute atomic E-state index is 0.0751. The number of rotatable bonds is 11. The van der Waals surface area contributed by atoms with Crippen molar-refractivity contribution in [2.45, 2.75) is 0 Å².